The molecule has 0 aromatic heterocycles. The Morgan fingerprint density at radius 1 is 1.18 bits per heavy atom. The molecule has 0 amide bonds. The molecule has 0 saturated carbocycles. The first kappa shape index (κ1) is 17.0. The van der Waals surface area contributed by atoms with Crippen LogP contribution >= 0.6 is 0 Å². The number of esters is 1. The first-order valence-corrected chi connectivity index (χ1v) is 8.40. The molecule has 122 valence electrons. The number of hydrogen-bond acceptors (Lipinski definition) is 4. The van der Waals surface area contributed by atoms with Gasteiger partial charge in [0.2, 0.25) is 0 Å². The summed E-state index contributed by atoms with van der Waals surface area (Å²) >= 11 is 0. The zero-order chi connectivity index (χ0) is 15.8. The molecule has 0 bridgehead atoms. The molecule has 1 aromatic rings. The minimum absolute atomic E-state index is 0.0855. The second-order valence-electron chi connectivity index (χ2n) is 5.86. The van der Waals surface area contributed by atoms with Gasteiger partial charge in [-0.2, -0.15) is 0 Å². The zero-order valence-electron chi connectivity index (χ0n) is 13.8. The van der Waals surface area contributed by atoms with Crippen molar-refractivity contribution in [3.63, 3.8) is 0 Å². The van der Waals surface area contributed by atoms with Crippen LogP contribution in [0.15, 0.2) is 30.3 Å². The van der Waals surface area contributed by atoms with Crippen molar-refractivity contribution in [1.82, 2.24) is 10.2 Å². The minimum atomic E-state index is -0.452. The van der Waals surface area contributed by atoms with Crippen LogP contribution in [0.3, 0.4) is 0 Å². The summed E-state index contributed by atoms with van der Waals surface area (Å²) in [5.74, 6) is -0.0855. The highest BCUT2D eigenvalue weighted by molar-refractivity contribution is 5.70. The van der Waals surface area contributed by atoms with E-state index in [9.17, 15) is 4.79 Å². The van der Waals surface area contributed by atoms with E-state index in [4.69, 9.17) is 4.74 Å². The van der Waals surface area contributed by atoms with Gasteiger partial charge in [-0.25, -0.2) is 0 Å². The van der Waals surface area contributed by atoms with Gasteiger partial charge >= 0.3 is 5.97 Å². The number of carbonyl (C=O) groups excluding carboxylic acids is 1. The number of nitrogens with zero attached hydrogens (tertiary/aromatic N) is 1. The van der Waals surface area contributed by atoms with Gasteiger partial charge in [0.15, 0.2) is 0 Å². The van der Waals surface area contributed by atoms with E-state index in [0.29, 0.717) is 6.42 Å². The number of rotatable bonds is 7. The first-order valence-electron chi connectivity index (χ1n) is 8.40. The van der Waals surface area contributed by atoms with Crippen LogP contribution in [0.25, 0.3) is 0 Å². The van der Waals surface area contributed by atoms with E-state index < -0.39 is 5.60 Å². The number of nitrogens with one attached hydrogen (secondary N) is 1. The molecule has 1 heterocycles. The molecular weight excluding hydrogens is 276 g/mol. The van der Waals surface area contributed by atoms with E-state index in [0.717, 1.165) is 51.1 Å². The average Bonchev–Trinajstić information content (AvgIpc) is 2.57. The lowest BCUT2D eigenvalue weighted by atomic mass is 9.85. The van der Waals surface area contributed by atoms with Crippen LogP contribution < -0.4 is 5.32 Å². The number of hydrogen-bond donors (Lipinski definition) is 1. The molecule has 1 aliphatic rings. The van der Waals surface area contributed by atoms with Crippen LogP contribution in [0.2, 0.25) is 0 Å². The third-order valence-electron chi connectivity index (χ3n) is 4.55. The molecule has 1 aromatic carbocycles. The van der Waals surface area contributed by atoms with E-state index in [2.05, 4.69) is 36.2 Å². The molecule has 1 fully saturated rings. The van der Waals surface area contributed by atoms with Crippen molar-refractivity contribution in [1.29, 1.82) is 0 Å². The molecule has 0 radical (unpaired) electrons. The lowest BCUT2D eigenvalue weighted by Gasteiger charge is -2.37. The summed E-state index contributed by atoms with van der Waals surface area (Å²) in [5, 5.41) is 3.35. The van der Waals surface area contributed by atoms with E-state index in [1.807, 2.05) is 18.2 Å². The third-order valence-corrected chi connectivity index (χ3v) is 4.55. The average molecular weight is 304 g/mol. The molecule has 1 saturated heterocycles. The van der Waals surface area contributed by atoms with Gasteiger partial charge in [-0.15, -0.1) is 0 Å². The number of carbonyl (C=O) groups is 1. The highest BCUT2D eigenvalue weighted by Gasteiger charge is 2.37. The fourth-order valence-corrected chi connectivity index (χ4v) is 3.08. The summed E-state index contributed by atoms with van der Waals surface area (Å²) in [6.45, 7) is 8.72. The van der Waals surface area contributed by atoms with Crippen molar-refractivity contribution in [3.8, 4) is 0 Å². The molecule has 1 aliphatic heterocycles. The van der Waals surface area contributed by atoms with Gasteiger partial charge in [0.25, 0.3) is 0 Å². The lowest BCUT2D eigenvalue weighted by molar-refractivity contribution is -0.164. The van der Waals surface area contributed by atoms with Crippen LogP contribution in [0.5, 0.6) is 0 Å². The topological polar surface area (TPSA) is 41.6 Å². The van der Waals surface area contributed by atoms with Crippen molar-refractivity contribution in [2.75, 3.05) is 32.7 Å². The Morgan fingerprint density at radius 2 is 1.82 bits per heavy atom. The van der Waals surface area contributed by atoms with Crippen molar-refractivity contribution >= 4 is 5.97 Å². The predicted octanol–water partition coefficient (Wildman–Crippen LogP) is 2.54. The van der Waals surface area contributed by atoms with Gasteiger partial charge in [-0.3, -0.25) is 4.79 Å². The Balaban J connectivity index is 2.03. The van der Waals surface area contributed by atoms with Crippen LogP contribution in [0, 0.1) is 0 Å². The quantitative estimate of drug-likeness (QED) is 0.786. The van der Waals surface area contributed by atoms with E-state index >= 15 is 0 Å². The largest absolute Gasteiger partial charge is 0.454 e. The van der Waals surface area contributed by atoms with Crippen LogP contribution in [-0.2, 0) is 15.1 Å². The maximum absolute atomic E-state index is 12.4. The van der Waals surface area contributed by atoms with E-state index in [1.54, 1.807) is 0 Å². The Bertz CT molecular complexity index is 451. The van der Waals surface area contributed by atoms with Crippen molar-refractivity contribution < 1.29 is 9.53 Å². The molecule has 2 rings (SSSR count). The Morgan fingerprint density at radius 3 is 2.41 bits per heavy atom. The fraction of sp³-hybridized carbons (Fsp3) is 0.611. The second-order valence-corrected chi connectivity index (χ2v) is 5.86. The number of piperidine rings is 1. The molecule has 0 unspecified atom stereocenters. The van der Waals surface area contributed by atoms with Gasteiger partial charge in [-0.05, 0) is 31.7 Å². The van der Waals surface area contributed by atoms with Crippen molar-refractivity contribution in [3.05, 3.63) is 35.9 Å². The van der Waals surface area contributed by atoms with Gasteiger partial charge < -0.3 is 15.0 Å². The molecule has 0 spiro atoms. The van der Waals surface area contributed by atoms with Gasteiger partial charge in [0, 0.05) is 19.4 Å². The Labute approximate surface area is 133 Å². The van der Waals surface area contributed by atoms with Crippen LogP contribution in [0.1, 0.15) is 38.7 Å². The normalized spacial score (nSPS) is 17.4. The standard InChI is InChI=1S/C18H28N2O2/c1-3-20(4-2)15-10-17(21)22-18(11-13-19-14-12-18)16-8-6-5-7-9-16/h5-9,19H,3-4,10-15H2,1-2H3. The summed E-state index contributed by atoms with van der Waals surface area (Å²) < 4.78 is 6.00. The molecular formula is C18H28N2O2. The molecule has 0 aliphatic carbocycles. The Hall–Kier alpha value is -1.39. The minimum Gasteiger partial charge on any atom is -0.454 e. The Kier molecular flexibility index (Phi) is 6.40. The SMILES string of the molecule is CCN(CC)CCC(=O)OC1(c2ccccc2)CCNCC1. The van der Waals surface area contributed by atoms with E-state index in [1.165, 1.54) is 0 Å². The molecule has 4 nitrogen and oxygen atoms in total. The van der Waals surface area contributed by atoms with Crippen LogP contribution in [-0.4, -0.2) is 43.6 Å². The number of ether oxygens (including phenoxy) is 1. The maximum atomic E-state index is 12.4. The monoisotopic (exact) mass is 304 g/mol. The van der Waals surface area contributed by atoms with Crippen LogP contribution in [0.4, 0.5) is 0 Å². The van der Waals surface area contributed by atoms with E-state index in [-0.39, 0.29) is 5.97 Å². The van der Waals surface area contributed by atoms with Crippen molar-refractivity contribution in [2.45, 2.75) is 38.7 Å². The molecule has 22 heavy (non-hydrogen) atoms. The highest BCUT2D eigenvalue weighted by Crippen LogP contribution is 2.35. The second kappa shape index (κ2) is 8.30. The van der Waals surface area contributed by atoms with Gasteiger partial charge in [0.1, 0.15) is 5.60 Å². The summed E-state index contributed by atoms with van der Waals surface area (Å²) in [7, 11) is 0. The molecule has 0 atom stereocenters. The molecule has 1 N–H and O–H groups in total. The summed E-state index contributed by atoms with van der Waals surface area (Å²) in [4.78, 5) is 14.6. The first-order chi connectivity index (χ1) is 10.7. The molecule has 4 heteroatoms. The predicted molar refractivity (Wildman–Crippen MR) is 88.7 cm³/mol. The van der Waals surface area contributed by atoms with Gasteiger partial charge in [-0.1, -0.05) is 44.2 Å². The van der Waals surface area contributed by atoms with Gasteiger partial charge in [0.05, 0.1) is 6.42 Å². The summed E-state index contributed by atoms with van der Waals surface area (Å²) in [5.41, 5.74) is 0.667. The fourth-order valence-electron chi connectivity index (χ4n) is 3.08. The lowest BCUT2D eigenvalue weighted by Crippen LogP contribution is -2.43. The third kappa shape index (κ3) is 4.31. The zero-order valence-corrected chi connectivity index (χ0v) is 13.8. The highest BCUT2D eigenvalue weighted by atomic mass is 16.6. The maximum Gasteiger partial charge on any atom is 0.307 e. The number of benzene rings is 1. The summed E-state index contributed by atoms with van der Waals surface area (Å²) in [6, 6.07) is 10.2. The van der Waals surface area contributed by atoms with Crippen molar-refractivity contribution in [2.24, 2.45) is 0 Å². The summed E-state index contributed by atoms with van der Waals surface area (Å²) in [6.07, 6.45) is 2.14. The smallest absolute Gasteiger partial charge is 0.307 e.